The molecule has 19 heavy (non-hydrogen) atoms. The molecule has 1 fully saturated rings. The van der Waals surface area contributed by atoms with Gasteiger partial charge in [0.2, 0.25) is 10.0 Å². The van der Waals surface area contributed by atoms with Crippen molar-refractivity contribution in [1.29, 1.82) is 0 Å². The highest BCUT2D eigenvalue weighted by atomic mass is 35.5. The van der Waals surface area contributed by atoms with E-state index in [0.29, 0.717) is 25.9 Å². The van der Waals surface area contributed by atoms with E-state index >= 15 is 0 Å². The minimum Gasteiger partial charge on any atom is -0.396 e. The predicted molar refractivity (Wildman–Crippen MR) is 75.0 cm³/mol. The molecule has 1 aliphatic heterocycles. The van der Waals surface area contributed by atoms with Crippen LogP contribution < -0.4 is 0 Å². The fraction of sp³-hybridized carbons (Fsp3) is 0.500. The summed E-state index contributed by atoms with van der Waals surface area (Å²) in [7, 11) is -3.67. The zero-order valence-corrected chi connectivity index (χ0v) is 12.5. The van der Waals surface area contributed by atoms with E-state index in [-0.39, 0.29) is 27.5 Å². The molecule has 1 aromatic carbocycles. The van der Waals surface area contributed by atoms with Gasteiger partial charge in [0.1, 0.15) is 4.90 Å². The van der Waals surface area contributed by atoms with E-state index in [9.17, 15) is 8.42 Å². The Morgan fingerprint density at radius 1 is 1.21 bits per heavy atom. The molecule has 0 atom stereocenters. The van der Waals surface area contributed by atoms with Gasteiger partial charge >= 0.3 is 0 Å². The number of piperidine rings is 1. The summed E-state index contributed by atoms with van der Waals surface area (Å²) in [5.74, 6) is 0.174. The minimum atomic E-state index is -3.67. The van der Waals surface area contributed by atoms with Crippen LogP contribution in [0.3, 0.4) is 0 Å². The van der Waals surface area contributed by atoms with Crippen molar-refractivity contribution in [1.82, 2.24) is 4.31 Å². The van der Waals surface area contributed by atoms with E-state index in [1.165, 1.54) is 16.4 Å². The van der Waals surface area contributed by atoms with Crippen molar-refractivity contribution in [3.05, 3.63) is 28.2 Å². The highest BCUT2D eigenvalue weighted by Crippen LogP contribution is 2.33. The van der Waals surface area contributed by atoms with Gasteiger partial charge < -0.3 is 5.11 Å². The third-order valence-corrected chi connectivity index (χ3v) is 6.20. The van der Waals surface area contributed by atoms with Crippen molar-refractivity contribution >= 4 is 33.2 Å². The maximum atomic E-state index is 12.5. The SMILES string of the molecule is O=S(=O)(c1c(Cl)cccc1Cl)N1CCC(CO)CC1. The second kappa shape index (κ2) is 5.97. The van der Waals surface area contributed by atoms with Crippen molar-refractivity contribution in [2.75, 3.05) is 19.7 Å². The molecule has 0 aromatic heterocycles. The molecule has 2 rings (SSSR count). The van der Waals surface area contributed by atoms with E-state index in [0.717, 1.165) is 0 Å². The summed E-state index contributed by atoms with van der Waals surface area (Å²) in [4.78, 5) is -0.0271. The van der Waals surface area contributed by atoms with Gasteiger partial charge in [-0.25, -0.2) is 8.42 Å². The average Bonchev–Trinajstić information content (AvgIpc) is 2.38. The van der Waals surface area contributed by atoms with Crippen LogP contribution in [0.25, 0.3) is 0 Å². The van der Waals surface area contributed by atoms with Gasteiger partial charge in [-0.3, -0.25) is 0 Å². The van der Waals surface area contributed by atoms with Crippen LogP contribution in [0.4, 0.5) is 0 Å². The van der Waals surface area contributed by atoms with Crippen LogP contribution in [-0.2, 0) is 10.0 Å². The number of rotatable bonds is 3. The lowest BCUT2D eigenvalue weighted by Crippen LogP contribution is -2.39. The van der Waals surface area contributed by atoms with Crippen molar-refractivity contribution in [2.45, 2.75) is 17.7 Å². The molecule has 0 unspecified atom stereocenters. The molecule has 0 aliphatic carbocycles. The van der Waals surface area contributed by atoms with Crippen LogP contribution in [0.15, 0.2) is 23.1 Å². The zero-order chi connectivity index (χ0) is 14.0. The number of hydrogen-bond donors (Lipinski definition) is 1. The first-order chi connectivity index (χ1) is 8.96. The van der Waals surface area contributed by atoms with E-state index in [1.807, 2.05) is 0 Å². The van der Waals surface area contributed by atoms with Crippen LogP contribution in [-0.4, -0.2) is 37.5 Å². The van der Waals surface area contributed by atoms with E-state index in [4.69, 9.17) is 28.3 Å². The van der Waals surface area contributed by atoms with E-state index in [2.05, 4.69) is 0 Å². The summed E-state index contributed by atoms with van der Waals surface area (Å²) in [5, 5.41) is 9.35. The Kier molecular flexibility index (Phi) is 4.74. The van der Waals surface area contributed by atoms with Crippen molar-refractivity contribution in [3.8, 4) is 0 Å². The first-order valence-corrected chi connectivity index (χ1v) is 8.21. The van der Waals surface area contributed by atoms with Gasteiger partial charge in [-0.15, -0.1) is 0 Å². The maximum absolute atomic E-state index is 12.5. The standard InChI is InChI=1S/C12H15Cl2NO3S/c13-10-2-1-3-11(14)12(10)19(17,18)15-6-4-9(8-16)5-7-15/h1-3,9,16H,4-8H2. The Hall–Kier alpha value is -0.330. The zero-order valence-electron chi connectivity index (χ0n) is 10.2. The fourth-order valence-electron chi connectivity index (χ4n) is 2.19. The molecule has 0 radical (unpaired) electrons. The van der Waals surface area contributed by atoms with Crippen LogP contribution in [0, 0.1) is 5.92 Å². The third-order valence-electron chi connectivity index (χ3n) is 3.35. The van der Waals surface area contributed by atoms with Gasteiger partial charge in [0.25, 0.3) is 0 Å². The first-order valence-electron chi connectivity index (χ1n) is 6.02. The summed E-state index contributed by atoms with van der Waals surface area (Å²) < 4.78 is 26.4. The van der Waals surface area contributed by atoms with Gasteiger partial charge in [0.15, 0.2) is 0 Å². The van der Waals surface area contributed by atoms with Crippen LogP contribution in [0.2, 0.25) is 10.0 Å². The summed E-state index contributed by atoms with van der Waals surface area (Å²) in [6.45, 7) is 0.866. The largest absolute Gasteiger partial charge is 0.396 e. The van der Waals surface area contributed by atoms with Crippen molar-refractivity contribution < 1.29 is 13.5 Å². The molecule has 1 aromatic rings. The Balaban J connectivity index is 2.29. The maximum Gasteiger partial charge on any atom is 0.246 e. The number of hydrogen-bond acceptors (Lipinski definition) is 3. The molecule has 0 saturated carbocycles. The highest BCUT2D eigenvalue weighted by Gasteiger charge is 2.32. The summed E-state index contributed by atoms with van der Waals surface area (Å²) in [6, 6.07) is 4.64. The Morgan fingerprint density at radius 2 is 1.74 bits per heavy atom. The Bertz CT molecular complexity index is 534. The van der Waals surface area contributed by atoms with Gasteiger partial charge in [0.05, 0.1) is 10.0 Å². The van der Waals surface area contributed by atoms with Gasteiger partial charge in [-0.05, 0) is 30.9 Å². The van der Waals surface area contributed by atoms with E-state index < -0.39 is 10.0 Å². The summed E-state index contributed by atoms with van der Waals surface area (Å²) in [6.07, 6.45) is 1.30. The summed E-state index contributed by atoms with van der Waals surface area (Å²) >= 11 is 11.9. The van der Waals surface area contributed by atoms with Crippen molar-refractivity contribution in [3.63, 3.8) is 0 Å². The molecular weight excluding hydrogens is 309 g/mol. The molecule has 106 valence electrons. The fourth-order valence-corrected chi connectivity index (χ4v) is 4.75. The molecule has 0 spiro atoms. The number of sulfonamides is 1. The predicted octanol–water partition coefficient (Wildman–Crippen LogP) is 2.39. The second-order valence-corrected chi connectivity index (χ2v) is 7.27. The normalized spacial score (nSPS) is 18.7. The molecular formula is C12H15Cl2NO3S. The van der Waals surface area contributed by atoms with Gasteiger partial charge in [-0.1, -0.05) is 29.3 Å². The van der Waals surface area contributed by atoms with Crippen LogP contribution >= 0.6 is 23.2 Å². The lowest BCUT2D eigenvalue weighted by molar-refractivity contribution is 0.170. The molecule has 1 saturated heterocycles. The lowest BCUT2D eigenvalue weighted by Gasteiger charge is -2.30. The highest BCUT2D eigenvalue weighted by molar-refractivity contribution is 7.89. The van der Waals surface area contributed by atoms with Gasteiger partial charge in [0, 0.05) is 19.7 Å². The molecule has 4 nitrogen and oxygen atoms in total. The molecule has 0 bridgehead atoms. The number of benzene rings is 1. The number of aliphatic hydroxyl groups is 1. The molecule has 1 aliphatic rings. The quantitative estimate of drug-likeness (QED) is 0.929. The molecule has 1 N–H and O–H groups in total. The van der Waals surface area contributed by atoms with Crippen LogP contribution in [0.5, 0.6) is 0 Å². The molecule has 0 amide bonds. The Labute approximate surface area is 123 Å². The smallest absolute Gasteiger partial charge is 0.246 e. The topological polar surface area (TPSA) is 57.6 Å². The van der Waals surface area contributed by atoms with E-state index in [1.54, 1.807) is 6.07 Å². The summed E-state index contributed by atoms with van der Waals surface area (Å²) in [5.41, 5.74) is 0. The number of aliphatic hydroxyl groups excluding tert-OH is 1. The molecule has 1 heterocycles. The van der Waals surface area contributed by atoms with Crippen LogP contribution in [0.1, 0.15) is 12.8 Å². The second-order valence-electron chi connectivity index (χ2n) is 4.58. The first kappa shape index (κ1) is 15.1. The number of nitrogens with zero attached hydrogens (tertiary/aromatic N) is 1. The third kappa shape index (κ3) is 3.06. The monoisotopic (exact) mass is 323 g/mol. The Morgan fingerprint density at radius 3 is 2.21 bits per heavy atom. The average molecular weight is 324 g/mol. The molecule has 7 heteroatoms. The van der Waals surface area contributed by atoms with Crippen molar-refractivity contribution in [2.24, 2.45) is 5.92 Å². The number of halogens is 2. The lowest BCUT2D eigenvalue weighted by atomic mass is 10.00. The van der Waals surface area contributed by atoms with Gasteiger partial charge in [-0.2, -0.15) is 4.31 Å². The minimum absolute atomic E-state index is 0.0271.